The summed E-state index contributed by atoms with van der Waals surface area (Å²) in [4.78, 5) is 18.7. The Labute approximate surface area is 151 Å². The number of hydrogen-bond acceptors (Lipinski definition) is 7. The maximum atomic E-state index is 12.8. The number of sulfonamides is 1. The van der Waals surface area contributed by atoms with Crippen LogP contribution in [0.3, 0.4) is 0 Å². The molecule has 26 heavy (non-hydrogen) atoms. The van der Waals surface area contributed by atoms with Gasteiger partial charge >= 0.3 is 0 Å². The van der Waals surface area contributed by atoms with Crippen LogP contribution in [0.5, 0.6) is 0 Å². The van der Waals surface area contributed by atoms with Gasteiger partial charge < -0.3 is 9.42 Å². The SMILES string of the molecule is Cc1cc(C(=O)N2CCC(c3nc(C)no3)N(S(C)(=O)=O)CC2)n(C)n1. The lowest BCUT2D eigenvalue weighted by molar-refractivity contribution is 0.0752. The van der Waals surface area contributed by atoms with Gasteiger partial charge in [0, 0.05) is 26.7 Å². The Bertz CT molecular complexity index is 918. The highest BCUT2D eigenvalue weighted by molar-refractivity contribution is 7.88. The Hall–Kier alpha value is -2.27. The molecule has 142 valence electrons. The van der Waals surface area contributed by atoms with Gasteiger partial charge in [0.1, 0.15) is 11.7 Å². The summed E-state index contributed by atoms with van der Waals surface area (Å²) in [5, 5.41) is 7.95. The number of nitrogens with zero attached hydrogens (tertiary/aromatic N) is 6. The van der Waals surface area contributed by atoms with Gasteiger partial charge in [-0.3, -0.25) is 9.48 Å². The molecule has 1 aliphatic heterocycles. The predicted molar refractivity (Wildman–Crippen MR) is 91.8 cm³/mol. The van der Waals surface area contributed by atoms with E-state index in [1.165, 1.54) is 8.99 Å². The standard InChI is InChI=1S/C15H22N6O4S/c1-10-9-13(19(3)17-10)15(22)20-6-5-12(14-16-11(2)18-25-14)21(8-7-20)26(4,23)24/h9,12H,5-8H2,1-4H3. The van der Waals surface area contributed by atoms with Gasteiger partial charge in [0.2, 0.25) is 15.9 Å². The zero-order chi connectivity index (χ0) is 19.1. The number of aryl methyl sites for hydroxylation is 3. The minimum atomic E-state index is -3.51. The number of hydrogen-bond donors (Lipinski definition) is 0. The lowest BCUT2D eigenvalue weighted by atomic mass is 10.2. The van der Waals surface area contributed by atoms with Crippen molar-refractivity contribution in [1.82, 2.24) is 29.1 Å². The molecule has 0 bridgehead atoms. The zero-order valence-corrected chi connectivity index (χ0v) is 16.0. The number of carbonyl (C=O) groups is 1. The molecule has 2 aromatic heterocycles. The van der Waals surface area contributed by atoms with Crippen LogP contribution in [0.2, 0.25) is 0 Å². The molecule has 0 saturated carbocycles. The molecule has 0 N–H and O–H groups in total. The fraction of sp³-hybridized carbons (Fsp3) is 0.600. The van der Waals surface area contributed by atoms with Gasteiger partial charge in [-0.25, -0.2) is 8.42 Å². The average Bonchev–Trinajstić information content (AvgIpc) is 3.02. The Morgan fingerprint density at radius 3 is 2.54 bits per heavy atom. The number of carbonyl (C=O) groups excluding carboxylic acids is 1. The van der Waals surface area contributed by atoms with E-state index in [-0.39, 0.29) is 24.9 Å². The second-order valence-corrected chi connectivity index (χ2v) is 8.38. The van der Waals surface area contributed by atoms with Crippen molar-refractivity contribution < 1.29 is 17.7 Å². The van der Waals surface area contributed by atoms with Crippen molar-refractivity contribution in [3.05, 3.63) is 29.2 Å². The maximum absolute atomic E-state index is 12.8. The molecule has 1 fully saturated rings. The van der Waals surface area contributed by atoms with E-state index < -0.39 is 16.1 Å². The largest absolute Gasteiger partial charge is 0.338 e. The molecule has 1 amide bonds. The third-order valence-corrected chi connectivity index (χ3v) is 5.66. The lowest BCUT2D eigenvalue weighted by Crippen LogP contribution is -2.38. The molecule has 2 aromatic rings. The quantitative estimate of drug-likeness (QED) is 0.748. The van der Waals surface area contributed by atoms with E-state index in [1.807, 2.05) is 6.92 Å². The van der Waals surface area contributed by atoms with E-state index in [0.29, 0.717) is 24.5 Å². The second-order valence-electron chi connectivity index (χ2n) is 6.44. The number of rotatable bonds is 3. The monoisotopic (exact) mass is 382 g/mol. The van der Waals surface area contributed by atoms with Crippen molar-refractivity contribution in [3.8, 4) is 0 Å². The molecule has 1 aliphatic rings. The normalized spacial score (nSPS) is 19.5. The van der Waals surface area contributed by atoms with Gasteiger partial charge in [-0.15, -0.1) is 0 Å². The van der Waals surface area contributed by atoms with E-state index in [0.717, 1.165) is 11.9 Å². The fourth-order valence-corrected chi connectivity index (χ4v) is 4.25. The van der Waals surface area contributed by atoms with E-state index in [9.17, 15) is 13.2 Å². The minimum Gasteiger partial charge on any atom is -0.338 e. The third kappa shape index (κ3) is 3.63. The molecule has 0 radical (unpaired) electrons. The Kier molecular flexibility index (Phi) is 4.84. The first-order chi connectivity index (χ1) is 12.2. The third-order valence-electron chi connectivity index (χ3n) is 4.37. The number of aromatic nitrogens is 4. The summed E-state index contributed by atoms with van der Waals surface area (Å²) < 4.78 is 32.6. The van der Waals surface area contributed by atoms with Crippen molar-refractivity contribution in [2.75, 3.05) is 25.9 Å². The van der Waals surface area contributed by atoms with Gasteiger partial charge in [0.05, 0.1) is 11.9 Å². The summed E-state index contributed by atoms with van der Waals surface area (Å²) in [5.41, 5.74) is 1.23. The first kappa shape index (κ1) is 18.5. The van der Waals surface area contributed by atoms with Crippen LogP contribution >= 0.6 is 0 Å². The molecule has 3 heterocycles. The van der Waals surface area contributed by atoms with Crippen LogP contribution in [0.15, 0.2) is 10.6 Å². The summed E-state index contributed by atoms with van der Waals surface area (Å²) in [6.07, 6.45) is 1.52. The van der Waals surface area contributed by atoms with Crippen LogP contribution in [-0.2, 0) is 17.1 Å². The molecular formula is C15H22N6O4S. The van der Waals surface area contributed by atoms with Crippen LogP contribution in [0.25, 0.3) is 0 Å². The number of amides is 1. The van der Waals surface area contributed by atoms with Crippen molar-refractivity contribution in [1.29, 1.82) is 0 Å². The molecule has 3 rings (SSSR count). The van der Waals surface area contributed by atoms with Crippen molar-refractivity contribution >= 4 is 15.9 Å². The van der Waals surface area contributed by atoms with Gasteiger partial charge in [-0.2, -0.15) is 14.4 Å². The van der Waals surface area contributed by atoms with Crippen molar-refractivity contribution in [2.24, 2.45) is 7.05 Å². The van der Waals surface area contributed by atoms with Crippen molar-refractivity contribution in [2.45, 2.75) is 26.3 Å². The minimum absolute atomic E-state index is 0.160. The predicted octanol–water partition coefficient (Wildman–Crippen LogP) is 0.269. The van der Waals surface area contributed by atoms with Crippen LogP contribution in [-0.4, -0.2) is 69.3 Å². The molecule has 1 atom stereocenters. The summed E-state index contributed by atoms with van der Waals surface area (Å²) in [7, 11) is -1.79. The highest BCUT2D eigenvalue weighted by atomic mass is 32.2. The smallest absolute Gasteiger partial charge is 0.272 e. The van der Waals surface area contributed by atoms with Crippen molar-refractivity contribution in [3.63, 3.8) is 0 Å². The van der Waals surface area contributed by atoms with E-state index in [1.54, 1.807) is 24.9 Å². The lowest BCUT2D eigenvalue weighted by Gasteiger charge is -2.24. The van der Waals surface area contributed by atoms with E-state index >= 15 is 0 Å². The van der Waals surface area contributed by atoms with Gasteiger partial charge in [-0.1, -0.05) is 5.16 Å². The average molecular weight is 382 g/mol. The molecule has 1 saturated heterocycles. The first-order valence-corrected chi connectivity index (χ1v) is 10.1. The molecule has 11 heteroatoms. The molecule has 1 unspecified atom stereocenters. The van der Waals surface area contributed by atoms with E-state index in [4.69, 9.17) is 4.52 Å². The van der Waals surface area contributed by atoms with Crippen LogP contribution < -0.4 is 0 Å². The first-order valence-electron chi connectivity index (χ1n) is 8.23. The highest BCUT2D eigenvalue weighted by Gasteiger charge is 2.36. The van der Waals surface area contributed by atoms with Gasteiger partial charge in [0.25, 0.3) is 5.91 Å². The van der Waals surface area contributed by atoms with Gasteiger partial charge in [0.15, 0.2) is 5.82 Å². The molecular weight excluding hydrogens is 360 g/mol. The molecule has 0 aromatic carbocycles. The highest BCUT2D eigenvalue weighted by Crippen LogP contribution is 2.28. The molecule has 0 aliphatic carbocycles. The fourth-order valence-electron chi connectivity index (χ4n) is 3.18. The maximum Gasteiger partial charge on any atom is 0.272 e. The van der Waals surface area contributed by atoms with Gasteiger partial charge in [-0.05, 0) is 26.3 Å². The zero-order valence-electron chi connectivity index (χ0n) is 15.2. The van der Waals surface area contributed by atoms with E-state index in [2.05, 4.69) is 15.2 Å². The Morgan fingerprint density at radius 2 is 2.00 bits per heavy atom. The summed E-state index contributed by atoms with van der Waals surface area (Å²) in [6.45, 7) is 4.31. The summed E-state index contributed by atoms with van der Waals surface area (Å²) in [6, 6.07) is 1.14. The summed E-state index contributed by atoms with van der Waals surface area (Å²) in [5.74, 6) is 0.513. The molecule has 10 nitrogen and oxygen atoms in total. The molecule has 0 spiro atoms. The topological polar surface area (TPSA) is 114 Å². The van der Waals surface area contributed by atoms with Crippen LogP contribution in [0.4, 0.5) is 0 Å². The Morgan fingerprint density at radius 1 is 1.27 bits per heavy atom. The van der Waals surface area contributed by atoms with Crippen LogP contribution in [0, 0.1) is 13.8 Å². The second kappa shape index (κ2) is 6.80. The summed E-state index contributed by atoms with van der Waals surface area (Å²) >= 11 is 0. The Balaban J connectivity index is 1.87. The van der Waals surface area contributed by atoms with Crippen LogP contribution in [0.1, 0.15) is 40.4 Å².